The van der Waals surface area contributed by atoms with Gasteiger partial charge in [-0.2, -0.15) is 0 Å². The molecule has 0 amide bonds. The van der Waals surface area contributed by atoms with E-state index >= 15 is 0 Å². The third-order valence-electron chi connectivity index (χ3n) is 2.86. The van der Waals surface area contributed by atoms with Crippen molar-refractivity contribution in [2.24, 2.45) is 0 Å². The summed E-state index contributed by atoms with van der Waals surface area (Å²) in [5, 5.41) is 0. The molecule has 1 aromatic carbocycles. The number of carbonyl (C=O) groups excluding carboxylic acids is 1. The highest BCUT2D eigenvalue weighted by molar-refractivity contribution is 5.78. The molecule has 0 aromatic heterocycles. The third kappa shape index (κ3) is 4.47. The van der Waals surface area contributed by atoms with Gasteiger partial charge in [-0.3, -0.25) is 4.79 Å². The molecule has 0 aliphatic heterocycles. The molecule has 0 unspecified atom stereocenters. The van der Waals surface area contributed by atoms with Crippen molar-refractivity contribution >= 4 is 6.29 Å². The van der Waals surface area contributed by atoms with Crippen molar-refractivity contribution < 1.29 is 19.0 Å². The van der Waals surface area contributed by atoms with Crippen molar-refractivity contribution in [1.82, 2.24) is 0 Å². The van der Waals surface area contributed by atoms with Gasteiger partial charge in [0.15, 0.2) is 11.5 Å². The second-order valence-electron chi connectivity index (χ2n) is 4.28. The van der Waals surface area contributed by atoms with Crippen LogP contribution >= 0.6 is 0 Å². The maximum atomic E-state index is 10.8. The van der Waals surface area contributed by atoms with Gasteiger partial charge in [0, 0.05) is 5.56 Å². The number of hydrogen-bond donors (Lipinski definition) is 0. The molecule has 0 heterocycles. The van der Waals surface area contributed by atoms with Gasteiger partial charge in [0.25, 0.3) is 0 Å². The molecular weight excluding hydrogens is 244 g/mol. The molecule has 1 rings (SSSR count). The summed E-state index contributed by atoms with van der Waals surface area (Å²) in [5.74, 6) is 1.61. The Kier molecular flexibility index (Phi) is 6.79. The van der Waals surface area contributed by atoms with E-state index in [0.717, 1.165) is 19.1 Å². The summed E-state index contributed by atoms with van der Waals surface area (Å²) in [6.45, 7) is 2.79. The number of aldehydes is 1. The zero-order valence-electron chi connectivity index (χ0n) is 11.9. The summed E-state index contributed by atoms with van der Waals surface area (Å²) in [4.78, 5) is 10.8. The van der Waals surface area contributed by atoms with Crippen molar-refractivity contribution in [3.05, 3.63) is 17.7 Å². The van der Waals surface area contributed by atoms with E-state index in [2.05, 4.69) is 6.92 Å². The van der Waals surface area contributed by atoms with E-state index in [0.29, 0.717) is 29.4 Å². The van der Waals surface area contributed by atoms with Crippen LogP contribution in [0.15, 0.2) is 12.1 Å². The predicted octanol–water partition coefficient (Wildman–Crippen LogP) is 3.48. The largest absolute Gasteiger partial charge is 0.493 e. The molecule has 0 radical (unpaired) electrons. The highest BCUT2D eigenvalue weighted by Gasteiger charge is 2.13. The molecule has 4 nitrogen and oxygen atoms in total. The number of benzene rings is 1. The van der Waals surface area contributed by atoms with Gasteiger partial charge < -0.3 is 14.2 Å². The van der Waals surface area contributed by atoms with Gasteiger partial charge in [-0.15, -0.1) is 0 Å². The third-order valence-corrected chi connectivity index (χ3v) is 2.86. The maximum Gasteiger partial charge on any atom is 0.203 e. The van der Waals surface area contributed by atoms with Gasteiger partial charge in [0.2, 0.25) is 5.75 Å². The van der Waals surface area contributed by atoms with Crippen LogP contribution in [0.25, 0.3) is 0 Å². The van der Waals surface area contributed by atoms with E-state index in [1.807, 2.05) is 0 Å². The molecular formula is C15H22O4. The van der Waals surface area contributed by atoms with Crippen LogP contribution in [0.5, 0.6) is 17.2 Å². The number of rotatable bonds is 9. The first-order valence-electron chi connectivity index (χ1n) is 6.60. The molecule has 0 aliphatic carbocycles. The van der Waals surface area contributed by atoms with Gasteiger partial charge in [0.05, 0.1) is 20.8 Å². The number of carbonyl (C=O) groups is 1. The van der Waals surface area contributed by atoms with Crippen molar-refractivity contribution in [1.29, 1.82) is 0 Å². The average molecular weight is 266 g/mol. The molecule has 0 fully saturated rings. The van der Waals surface area contributed by atoms with E-state index in [9.17, 15) is 4.79 Å². The molecule has 0 atom stereocenters. The lowest BCUT2D eigenvalue weighted by molar-refractivity contribution is 0.112. The lowest BCUT2D eigenvalue weighted by atomic mass is 10.2. The van der Waals surface area contributed by atoms with E-state index in [1.165, 1.54) is 12.8 Å². The Bertz CT molecular complexity index is 376. The van der Waals surface area contributed by atoms with Gasteiger partial charge in [-0.05, 0) is 18.6 Å². The lowest BCUT2D eigenvalue weighted by Gasteiger charge is -2.14. The monoisotopic (exact) mass is 266 g/mol. The normalized spacial score (nSPS) is 10.1. The Labute approximate surface area is 114 Å². The first-order chi connectivity index (χ1) is 9.26. The minimum Gasteiger partial charge on any atom is -0.493 e. The highest BCUT2D eigenvalue weighted by atomic mass is 16.5. The van der Waals surface area contributed by atoms with Crippen LogP contribution in [0, 0.1) is 0 Å². The molecule has 19 heavy (non-hydrogen) atoms. The number of hydrogen-bond acceptors (Lipinski definition) is 4. The van der Waals surface area contributed by atoms with Crippen LogP contribution in [0.4, 0.5) is 0 Å². The first kappa shape index (κ1) is 15.3. The summed E-state index contributed by atoms with van der Waals surface area (Å²) in [5.41, 5.74) is 0.507. The lowest BCUT2D eigenvalue weighted by Crippen LogP contribution is -2.02. The van der Waals surface area contributed by atoms with Crippen LogP contribution in [-0.2, 0) is 0 Å². The second-order valence-corrected chi connectivity index (χ2v) is 4.28. The van der Waals surface area contributed by atoms with Crippen LogP contribution in [0.3, 0.4) is 0 Å². The van der Waals surface area contributed by atoms with Gasteiger partial charge in [-0.1, -0.05) is 26.2 Å². The van der Waals surface area contributed by atoms with Crippen molar-refractivity contribution in [3.63, 3.8) is 0 Å². The predicted molar refractivity (Wildman–Crippen MR) is 74.6 cm³/mol. The standard InChI is InChI=1S/C15H22O4/c1-4-5-6-7-8-19-15-13(17-2)9-12(11-16)10-14(15)18-3/h9-11H,4-8H2,1-3H3. The molecule has 1 aromatic rings. The number of ether oxygens (including phenoxy) is 3. The van der Waals surface area contributed by atoms with Crippen LogP contribution in [0.1, 0.15) is 43.0 Å². The fourth-order valence-corrected chi connectivity index (χ4v) is 1.81. The molecule has 0 spiro atoms. The summed E-state index contributed by atoms with van der Waals surface area (Å²) >= 11 is 0. The van der Waals surface area contributed by atoms with E-state index in [4.69, 9.17) is 14.2 Å². The Morgan fingerprint density at radius 2 is 1.68 bits per heavy atom. The Morgan fingerprint density at radius 3 is 2.16 bits per heavy atom. The topological polar surface area (TPSA) is 44.8 Å². The Balaban J connectivity index is 2.76. The zero-order valence-corrected chi connectivity index (χ0v) is 11.9. The van der Waals surface area contributed by atoms with E-state index < -0.39 is 0 Å². The van der Waals surface area contributed by atoms with E-state index in [-0.39, 0.29) is 0 Å². The maximum absolute atomic E-state index is 10.8. The molecule has 106 valence electrons. The summed E-state index contributed by atoms with van der Waals surface area (Å²) in [6, 6.07) is 3.30. The molecule has 0 saturated heterocycles. The SMILES string of the molecule is CCCCCCOc1c(OC)cc(C=O)cc1OC. The highest BCUT2D eigenvalue weighted by Crippen LogP contribution is 2.38. The Hall–Kier alpha value is -1.71. The summed E-state index contributed by atoms with van der Waals surface area (Å²) < 4.78 is 16.2. The fourth-order valence-electron chi connectivity index (χ4n) is 1.81. The molecule has 0 bridgehead atoms. The first-order valence-corrected chi connectivity index (χ1v) is 6.60. The summed E-state index contributed by atoms with van der Waals surface area (Å²) in [7, 11) is 3.10. The van der Waals surface area contributed by atoms with Gasteiger partial charge >= 0.3 is 0 Å². The van der Waals surface area contributed by atoms with Crippen LogP contribution in [0.2, 0.25) is 0 Å². The van der Waals surface area contributed by atoms with Gasteiger partial charge in [-0.25, -0.2) is 0 Å². The average Bonchev–Trinajstić information content (AvgIpc) is 2.46. The fraction of sp³-hybridized carbons (Fsp3) is 0.533. The molecule has 0 N–H and O–H groups in total. The van der Waals surface area contributed by atoms with Gasteiger partial charge in [0.1, 0.15) is 6.29 Å². The molecule has 4 heteroatoms. The molecule has 0 aliphatic rings. The molecule has 0 saturated carbocycles. The minimum absolute atomic E-state index is 0.507. The number of methoxy groups -OCH3 is 2. The minimum atomic E-state index is 0.507. The van der Waals surface area contributed by atoms with Crippen molar-refractivity contribution in [3.8, 4) is 17.2 Å². The van der Waals surface area contributed by atoms with E-state index in [1.54, 1.807) is 26.4 Å². The Morgan fingerprint density at radius 1 is 1.05 bits per heavy atom. The smallest absolute Gasteiger partial charge is 0.203 e. The number of unbranched alkanes of at least 4 members (excludes halogenated alkanes) is 3. The quantitative estimate of drug-likeness (QED) is 0.507. The van der Waals surface area contributed by atoms with Crippen LogP contribution < -0.4 is 14.2 Å². The summed E-state index contributed by atoms with van der Waals surface area (Å²) in [6.07, 6.45) is 5.31. The van der Waals surface area contributed by atoms with Crippen molar-refractivity contribution in [2.75, 3.05) is 20.8 Å². The second kappa shape index (κ2) is 8.40. The van der Waals surface area contributed by atoms with Crippen molar-refractivity contribution in [2.45, 2.75) is 32.6 Å². The zero-order chi connectivity index (χ0) is 14.1. The van der Waals surface area contributed by atoms with Crippen LogP contribution in [-0.4, -0.2) is 27.1 Å².